The Morgan fingerprint density at radius 1 is 1.03 bits per heavy atom. The number of rotatable bonds is 9. The number of carbonyl (C=O) groups excluding carboxylic acids is 1. The summed E-state index contributed by atoms with van der Waals surface area (Å²) < 4.78 is 5.83. The molecule has 2 N–H and O–H groups in total. The number of nitrogens with one attached hydrogen (secondary N) is 2. The van der Waals surface area contributed by atoms with E-state index in [-0.39, 0.29) is 5.91 Å². The number of hydrogen-bond donors (Lipinski definition) is 2. The van der Waals surface area contributed by atoms with E-state index in [2.05, 4.69) is 32.9 Å². The molecule has 4 rings (SSSR count). The van der Waals surface area contributed by atoms with Gasteiger partial charge in [0.1, 0.15) is 11.4 Å². The van der Waals surface area contributed by atoms with Gasteiger partial charge in [0, 0.05) is 31.8 Å². The van der Waals surface area contributed by atoms with E-state index in [0.29, 0.717) is 18.0 Å². The van der Waals surface area contributed by atoms with Gasteiger partial charge in [0.05, 0.1) is 18.5 Å². The molecule has 0 fully saturated rings. The number of H-pyrrole nitrogens is 1. The van der Waals surface area contributed by atoms with Gasteiger partial charge in [-0.3, -0.25) is 9.89 Å². The van der Waals surface area contributed by atoms with E-state index in [1.165, 1.54) is 5.56 Å². The largest absolute Gasteiger partial charge is 0.493 e. The van der Waals surface area contributed by atoms with E-state index in [9.17, 15) is 4.79 Å². The molecule has 3 aromatic carbocycles. The SMILES string of the molecule is CN(C)c1ccc(C=NNC(=O)c2cc(-c3ccc(OCCc4ccccc4)cc3)n[nH]2)cc1. The van der Waals surface area contributed by atoms with Crippen LogP contribution in [0.25, 0.3) is 11.3 Å². The summed E-state index contributed by atoms with van der Waals surface area (Å²) in [5.74, 6) is 0.432. The topological polar surface area (TPSA) is 82.6 Å². The van der Waals surface area contributed by atoms with Gasteiger partial charge < -0.3 is 9.64 Å². The Balaban J connectivity index is 1.29. The molecule has 1 heterocycles. The van der Waals surface area contributed by atoms with Crippen LogP contribution >= 0.6 is 0 Å². The molecule has 0 aliphatic rings. The van der Waals surface area contributed by atoms with Gasteiger partial charge >= 0.3 is 0 Å². The van der Waals surface area contributed by atoms with E-state index in [1.807, 2.05) is 85.7 Å². The van der Waals surface area contributed by atoms with E-state index < -0.39 is 0 Å². The number of amides is 1. The number of ether oxygens (including phenoxy) is 1. The first-order valence-corrected chi connectivity index (χ1v) is 11.0. The Kier molecular flexibility index (Phi) is 7.35. The fraction of sp³-hybridized carbons (Fsp3) is 0.148. The molecule has 34 heavy (non-hydrogen) atoms. The van der Waals surface area contributed by atoms with Crippen LogP contribution in [0.15, 0.2) is 90.0 Å². The summed E-state index contributed by atoms with van der Waals surface area (Å²) in [6, 6.07) is 27.4. The number of aromatic nitrogens is 2. The number of aromatic amines is 1. The predicted octanol–water partition coefficient (Wildman–Crippen LogP) is 4.53. The normalized spacial score (nSPS) is 10.9. The zero-order valence-corrected chi connectivity index (χ0v) is 19.2. The first-order valence-electron chi connectivity index (χ1n) is 11.0. The molecular formula is C27H27N5O2. The first kappa shape index (κ1) is 22.8. The van der Waals surface area contributed by atoms with Gasteiger partial charge in [-0.2, -0.15) is 10.2 Å². The molecule has 7 heteroatoms. The highest BCUT2D eigenvalue weighted by Crippen LogP contribution is 2.21. The number of carbonyl (C=O) groups is 1. The zero-order valence-electron chi connectivity index (χ0n) is 19.2. The van der Waals surface area contributed by atoms with Crippen molar-refractivity contribution in [1.29, 1.82) is 0 Å². The van der Waals surface area contributed by atoms with Crippen molar-refractivity contribution in [3.05, 3.63) is 102 Å². The second-order valence-electron chi connectivity index (χ2n) is 7.96. The molecule has 0 aliphatic carbocycles. The number of benzene rings is 3. The summed E-state index contributed by atoms with van der Waals surface area (Å²) in [6.45, 7) is 0.608. The highest BCUT2D eigenvalue weighted by Gasteiger charge is 2.10. The van der Waals surface area contributed by atoms with Crippen molar-refractivity contribution in [2.75, 3.05) is 25.6 Å². The second-order valence-corrected chi connectivity index (χ2v) is 7.96. The fourth-order valence-corrected chi connectivity index (χ4v) is 3.32. The molecule has 0 aliphatic heterocycles. The molecule has 0 bridgehead atoms. The highest BCUT2D eigenvalue weighted by molar-refractivity contribution is 5.94. The third kappa shape index (κ3) is 6.10. The zero-order chi connectivity index (χ0) is 23.8. The molecule has 4 aromatic rings. The van der Waals surface area contributed by atoms with Crippen LogP contribution in [0.4, 0.5) is 5.69 Å². The molecule has 0 atom stereocenters. The smallest absolute Gasteiger partial charge is 0.289 e. The van der Waals surface area contributed by atoms with Crippen molar-refractivity contribution in [3.8, 4) is 17.0 Å². The van der Waals surface area contributed by atoms with Crippen LogP contribution < -0.4 is 15.1 Å². The summed E-state index contributed by atoms with van der Waals surface area (Å²) in [6.07, 6.45) is 2.45. The summed E-state index contributed by atoms with van der Waals surface area (Å²) >= 11 is 0. The van der Waals surface area contributed by atoms with Crippen molar-refractivity contribution in [2.45, 2.75) is 6.42 Å². The summed E-state index contributed by atoms with van der Waals surface area (Å²) in [7, 11) is 3.97. The lowest BCUT2D eigenvalue weighted by atomic mass is 10.1. The maximum atomic E-state index is 12.4. The Bertz CT molecular complexity index is 1230. The quantitative estimate of drug-likeness (QED) is 0.288. The molecule has 0 saturated heterocycles. The average molecular weight is 454 g/mol. The van der Waals surface area contributed by atoms with Crippen molar-refractivity contribution in [1.82, 2.24) is 15.6 Å². The number of anilines is 1. The summed E-state index contributed by atoms with van der Waals surface area (Å²) in [5.41, 5.74) is 7.64. The third-order valence-corrected chi connectivity index (χ3v) is 5.26. The van der Waals surface area contributed by atoms with Crippen molar-refractivity contribution >= 4 is 17.8 Å². The van der Waals surface area contributed by atoms with Gasteiger partial charge in [0.25, 0.3) is 5.91 Å². The molecule has 1 aromatic heterocycles. The lowest BCUT2D eigenvalue weighted by Gasteiger charge is -2.11. The van der Waals surface area contributed by atoms with Crippen molar-refractivity contribution < 1.29 is 9.53 Å². The van der Waals surface area contributed by atoms with E-state index >= 15 is 0 Å². The number of nitrogens with zero attached hydrogens (tertiary/aromatic N) is 3. The lowest BCUT2D eigenvalue weighted by molar-refractivity contribution is 0.0950. The van der Waals surface area contributed by atoms with Crippen LogP contribution in [0.3, 0.4) is 0 Å². The van der Waals surface area contributed by atoms with Gasteiger partial charge in [-0.25, -0.2) is 5.43 Å². The van der Waals surface area contributed by atoms with Crippen molar-refractivity contribution in [3.63, 3.8) is 0 Å². The van der Waals surface area contributed by atoms with Gasteiger partial charge in [-0.1, -0.05) is 42.5 Å². The van der Waals surface area contributed by atoms with Gasteiger partial charge in [-0.15, -0.1) is 0 Å². The Labute approximate surface area is 199 Å². The van der Waals surface area contributed by atoms with Gasteiger partial charge in [0.2, 0.25) is 0 Å². The van der Waals surface area contributed by atoms with Crippen LogP contribution in [0.5, 0.6) is 5.75 Å². The number of hydrazone groups is 1. The molecular weight excluding hydrogens is 426 g/mol. The fourth-order valence-electron chi connectivity index (χ4n) is 3.32. The van der Waals surface area contributed by atoms with E-state index in [0.717, 1.165) is 29.0 Å². The van der Waals surface area contributed by atoms with Crippen LogP contribution in [0, 0.1) is 0 Å². The molecule has 0 spiro atoms. The minimum atomic E-state index is -0.360. The van der Waals surface area contributed by atoms with Gasteiger partial charge in [0.15, 0.2) is 0 Å². The number of hydrogen-bond acceptors (Lipinski definition) is 5. The second kappa shape index (κ2) is 11.0. The highest BCUT2D eigenvalue weighted by atomic mass is 16.5. The molecule has 7 nitrogen and oxygen atoms in total. The molecule has 0 saturated carbocycles. The Hall–Kier alpha value is -4.39. The Morgan fingerprint density at radius 3 is 2.47 bits per heavy atom. The molecule has 0 radical (unpaired) electrons. The minimum Gasteiger partial charge on any atom is -0.493 e. The van der Waals surface area contributed by atoms with Crippen LogP contribution in [0.1, 0.15) is 21.6 Å². The average Bonchev–Trinajstić information content (AvgIpc) is 3.36. The molecule has 172 valence electrons. The maximum Gasteiger partial charge on any atom is 0.289 e. The van der Waals surface area contributed by atoms with Crippen LogP contribution in [0.2, 0.25) is 0 Å². The standard InChI is InChI=1S/C27H27N5O2/c1-32(2)23-12-8-21(9-13-23)19-28-31-27(33)26-18-25(29-30-26)22-10-14-24(15-11-22)34-17-16-20-6-4-3-5-7-20/h3-15,18-19H,16-17H2,1-2H3,(H,29,30)(H,31,33). The van der Waals surface area contributed by atoms with Crippen LogP contribution in [-0.2, 0) is 6.42 Å². The summed E-state index contributed by atoms with van der Waals surface area (Å²) in [4.78, 5) is 14.4. The first-order chi connectivity index (χ1) is 16.6. The monoisotopic (exact) mass is 453 g/mol. The molecule has 0 unspecified atom stereocenters. The van der Waals surface area contributed by atoms with Crippen LogP contribution in [-0.4, -0.2) is 43.0 Å². The van der Waals surface area contributed by atoms with E-state index in [1.54, 1.807) is 12.3 Å². The maximum absolute atomic E-state index is 12.4. The van der Waals surface area contributed by atoms with E-state index in [4.69, 9.17) is 4.74 Å². The predicted molar refractivity (Wildman–Crippen MR) is 135 cm³/mol. The third-order valence-electron chi connectivity index (χ3n) is 5.26. The van der Waals surface area contributed by atoms with Gasteiger partial charge in [-0.05, 0) is 53.6 Å². The van der Waals surface area contributed by atoms with Crippen molar-refractivity contribution in [2.24, 2.45) is 5.10 Å². The molecule has 1 amide bonds. The Morgan fingerprint density at radius 2 is 1.76 bits per heavy atom. The summed E-state index contributed by atoms with van der Waals surface area (Å²) in [5, 5.41) is 11.0. The lowest BCUT2D eigenvalue weighted by Crippen LogP contribution is -2.18. The minimum absolute atomic E-state index is 0.332.